The maximum Gasteiger partial charge on any atom is 0.335 e. The fourth-order valence-electron chi connectivity index (χ4n) is 1.16. The molecule has 5 nitrogen and oxygen atoms in total. The molecule has 0 bridgehead atoms. The number of amides is 2. The van der Waals surface area contributed by atoms with E-state index in [4.69, 9.17) is 11.5 Å². The van der Waals surface area contributed by atoms with Crippen molar-refractivity contribution >= 4 is 17.7 Å². The van der Waals surface area contributed by atoms with Gasteiger partial charge in [0.1, 0.15) is 5.82 Å². The van der Waals surface area contributed by atoms with Gasteiger partial charge in [0.05, 0.1) is 11.3 Å². The second kappa shape index (κ2) is 6.25. The second-order valence-electron chi connectivity index (χ2n) is 3.33. The number of carbonyl (C=O) groups is 2. The summed E-state index contributed by atoms with van der Waals surface area (Å²) < 4.78 is 13.4. The van der Waals surface area contributed by atoms with Gasteiger partial charge in [0.15, 0.2) is 0 Å². The van der Waals surface area contributed by atoms with E-state index in [2.05, 4.69) is 16.6 Å². The fourth-order valence-corrected chi connectivity index (χ4v) is 1.16. The van der Waals surface area contributed by atoms with Gasteiger partial charge >= 0.3 is 12.0 Å². The number of halogens is 1. The fraction of sp³-hybridized carbons (Fsp3) is 0.167. The van der Waals surface area contributed by atoms with Gasteiger partial charge in [0.2, 0.25) is 0 Å². The molecular weight excluding hydrogens is 239 g/mol. The van der Waals surface area contributed by atoms with E-state index < -0.39 is 17.8 Å². The molecule has 0 aliphatic heterocycles. The minimum Gasteiger partial charge on any atom is -0.478 e. The van der Waals surface area contributed by atoms with E-state index in [9.17, 15) is 14.0 Å². The van der Waals surface area contributed by atoms with Crippen molar-refractivity contribution in [2.45, 2.75) is 6.42 Å². The molecule has 0 heterocycles. The molecule has 2 amide bonds. The number of benzene rings is 1. The number of urea groups is 1. The van der Waals surface area contributed by atoms with Gasteiger partial charge in [-0.3, -0.25) is 0 Å². The zero-order chi connectivity index (χ0) is 13.5. The molecule has 1 rings (SSSR count). The standard InChI is InChI=1S/C12H11FN2O3/c1-2-3-6-14-12(18)15-10-5-4-8(11(16)17)7-9(10)13/h1,4-5,7H,3,6H2,(H,16,17)(H2,14,15,18). The number of rotatable bonds is 4. The van der Waals surface area contributed by atoms with Crippen LogP contribution in [0.2, 0.25) is 0 Å². The predicted molar refractivity (Wildman–Crippen MR) is 63.8 cm³/mol. The number of carboxylic acid groups (broad SMARTS) is 1. The summed E-state index contributed by atoms with van der Waals surface area (Å²) in [5.74, 6) is 0.282. The predicted octanol–water partition coefficient (Wildman–Crippen LogP) is 1.67. The molecule has 0 spiro atoms. The summed E-state index contributed by atoms with van der Waals surface area (Å²) in [5, 5.41) is 13.3. The molecule has 0 unspecified atom stereocenters. The molecule has 1 aromatic carbocycles. The summed E-state index contributed by atoms with van der Waals surface area (Å²) in [6, 6.07) is 2.61. The lowest BCUT2D eigenvalue weighted by Crippen LogP contribution is -2.29. The Morgan fingerprint density at radius 2 is 2.17 bits per heavy atom. The Bertz CT molecular complexity index is 509. The molecule has 0 aromatic heterocycles. The largest absolute Gasteiger partial charge is 0.478 e. The first-order valence-corrected chi connectivity index (χ1v) is 5.05. The van der Waals surface area contributed by atoms with E-state index in [1.54, 1.807) is 0 Å². The van der Waals surface area contributed by atoms with Gasteiger partial charge in [-0.1, -0.05) is 0 Å². The third kappa shape index (κ3) is 3.79. The van der Waals surface area contributed by atoms with E-state index >= 15 is 0 Å². The minimum absolute atomic E-state index is 0.0989. The van der Waals surface area contributed by atoms with Crippen molar-refractivity contribution in [2.75, 3.05) is 11.9 Å². The van der Waals surface area contributed by atoms with Crippen LogP contribution in [0.1, 0.15) is 16.8 Å². The Labute approximate surface area is 103 Å². The number of nitrogens with one attached hydrogen (secondary N) is 2. The lowest BCUT2D eigenvalue weighted by Gasteiger charge is -2.07. The number of hydrogen-bond acceptors (Lipinski definition) is 2. The molecule has 1 aromatic rings. The zero-order valence-electron chi connectivity index (χ0n) is 9.37. The minimum atomic E-state index is -1.24. The van der Waals surface area contributed by atoms with Crippen LogP contribution in [0.3, 0.4) is 0 Å². The number of terminal acetylenes is 1. The SMILES string of the molecule is C#CCCNC(=O)Nc1ccc(C(=O)O)cc1F. The molecule has 94 valence electrons. The molecule has 0 atom stereocenters. The first-order chi connectivity index (χ1) is 8.54. The van der Waals surface area contributed by atoms with Crippen LogP contribution in [0.4, 0.5) is 14.9 Å². The smallest absolute Gasteiger partial charge is 0.335 e. The monoisotopic (exact) mass is 250 g/mol. The Balaban J connectivity index is 2.65. The Kier molecular flexibility index (Phi) is 4.69. The third-order valence-electron chi connectivity index (χ3n) is 2.02. The van der Waals surface area contributed by atoms with Crippen LogP contribution in [-0.4, -0.2) is 23.7 Å². The molecule has 18 heavy (non-hydrogen) atoms. The van der Waals surface area contributed by atoms with Crippen LogP contribution in [0, 0.1) is 18.2 Å². The first kappa shape index (κ1) is 13.5. The topological polar surface area (TPSA) is 78.4 Å². The molecule has 0 saturated carbocycles. The van der Waals surface area contributed by atoms with Crippen LogP contribution in [0.25, 0.3) is 0 Å². The highest BCUT2D eigenvalue weighted by Crippen LogP contribution is 2.15. The molecule has 0 aliphatic rings. The van der Waals surface area contributed by atoms with Gasteiger partial charge in [-0.25, -0.2) is 14.0 Å². The van der Waals surface area contributed by atoms with Crippen molar-refractivity contribution in [1.82, 2.24) is 5.32 Å². The van der Waals surface area contributed by atoms with E-state index in [0.717, 1.165) is 6.07 Å². The molecular formula is C12H11FN2O3. The van der Waals surface area contributed by atoms with E-state index in [1.807, 2.05) is 0 Å². The van der Waals surface area contributed by atoms with Gasteiger partial charge in [0, 0.05) is 13.0 Å². The maximum absolute atomic E-state index is 13.4. The number of anilines is 1. The molecule has 0 saturated heterocycles. The van der Waals surface area contributed by atoms with Crippen molar-refractivity contribution in [3.05, 3.63) is 29.6 Å². The Morgan fingerprint density at radius 3 is 2.72 bits per heavy atom. The Morgan fingerprint density at radius 1 is 1.44 bits per heavy atom. The summed E-state index contributed by atoms with van der Waals surface area (Å²) in [7, 11) is 0. The van der Waals surface area contributed by atoms with Crippen LogP contribution in [0.15, 0.2) is 18.2 Å². The third-order valence-corrected chi connectivity index (χ3v) is 2.02. The number of carbonyl (C=O) groups excluding carboxylic acids is 1. The second-order valence-corrected chi connectivity index (χ2v) is 3.33. The number of aromatic carboxylic acids is 1. The van der Waals surface area contributed by atoms with Gasteiger partial charge < -0.3 is 15.7 Å². The van der Waals surface area contributed by atoms with Crippen molar-refractivity contribution in [2.24, 2.45) is 0 Å². The summed E-state index contributed by atoms with van der Waals surface area (Å²) in [6.07, 6.45) is 5.37. The summed E-state index contributed by atoms with van der Waals surface area (Å²) >= 11 is 0. The van der Waals surface area contributed by atoms with E-state index in [-0.39, 0.29) is 17.8 Å². The zero-order valence-corrected chi connectivity index (χ0v) is 9.37. The molecule has 3 N–H and O–H groups in total. The lowest BCUT2D eigenvalue weighted by molar-refractivity contribution is 0.0696. The quantitative estimate of drug-likeness (QED) is 0.561. The van der Waals surface area contributed by atoms with Gasteiger partial charge in [-0.15, -0.1) is 12.3 Å². The van der Waals surface area contributed by atoms with Crippen LogP contribution >= 0.6 is 0 Å². The first-order valence-electron chi connectivity index (χ1n) is 5.05. The average Bonchev–Trinajstić information content (AvgIpc) is 2.32. The number of hydrogen-bond donors (Lipinski definition) is 3. The van der Waals surface area contributed by atoms with Crippen molar-refractivity contribution in [3.8, 4) is 12.3 Å². The number of carboxylic acids is 1. The molecule has 0 aliphatic carbocycles. The van der Waals surface area contributed by atoms with Crippen molar-refractivity contribution in [3.63, 3.8) is 0 Å². The normalized spacial score (nSPS) is 9.33. The molecule has 0 fully saturated rings. The highest BCUT2D eigenvalue weighted by molar-refractivity contribution is 5.91. The van der Waals surface area contributed by atoms with E-state index in [0.29, 0.717) is 6.42 Å². The summed E-state index contributed by atoms with van der Waals surface area (Å²) in [4.78, 5) is 21.9. The molecule has 0 radical (unpaired) electrons. The molecule has 6 heteroatoms. The van der Waals surface area contributed by atoms with Crippen LogP contribution in [-0.2, 0) is 0 Å². The van der Waals surface area contributed by atoms with Crippen molar-refractivity contribution < 1.29 is 19.1 Å². The average molecular weight is 250 g/mol. The van der Waals surface area contributed by atoms with Crippen molar-refractivity contribution in [1.29, 1.82) is 0 Å². The Hall–Kier alpha value is -2.55. The summed E-state index contributed by atoms with van der Waals surface area (Å²) in [5.41, 5.74) is -0.288. The highest BCUT2D eigenvalue weighted by atomic mass is 19.1. The van der Waals surface area contributed by atoms with Crippen LogP contribution in [0.5, 0.6) is 0 Å². The van der Waals surface area contributed by atoms with Gasteiger partial charge in [-0.2, -0.15) is 0 Å². The van der Waals surface area contributed by atoms with Gasteiger partial charge in [-0.05, 0) is 18.2 Å². The van der Waals surface area contributed by atoms with Gasteiger partial charge in [0.25, 0.3) is 0 Å². The summed E-state index contributed by atoms with van der Waals surface area (Å²) in [6.45, 7) is 0.275. The van der Waals surface area contributed by atoms with E-state index in [1.165, 1.54) is 12.1 Å². The highest BCUT2D eigenvalue weighted by Gasteiger charge is 2.10. The lowest BCUT2D eigenvalue weighted by atomic mass is 10.2. The maximum atomic E-state index is 13.4. The van der Waals surface area contributed by atoms with Crippen LogP contribution < -0.4 is 10.6 Å².